The number of pyridine rings is 2. The van der Waals surface area contributed by atoms with Gasteiger partial charge in [0.05, 0.1) is 0 Å². The number of fused-ring (bicyclic) bond motifs is 1. The van der Waals surface area contributed by atoms with Gasteiger partial charge in [0.25, 0.3) is 0 Å². The van der Waals surface area contributed by atoms with Gasteiger partial charge in [-0.15, -0.1) is 0 Å². The summed E-state index contributed by atoms with van der Waals surface area (Å²) in [6, 6.07) is 11.6. The molecule has 3 rings (SSSR count). The van der Waals surface area contributed by atoms with E-state index < -0.39 is 0 Å². The summed E-state index contributed by atoms with van der Waals surface area (Å²) in [6.45, 7) is 3.87. The number of aromatic nitrogens is 2. The average molecular weight is 265 g/mol. The number of nitrogens with two attached hydrogens (primary N) is 1. The third-order valence-corrected chi connectivity index (χ3v) is 3.16. The Balaban J connectivity index is 2.05. The Morgan fingerprint density at radius 2 is 1.95 bits per heavy atom. The van der Waals surface area contributed by atoms with Crippen LogP contribution in [0.1, 0.15) is 11.3 Å². The van der Waals surface area contributed by atoms with Gasteiger partial charge >= 0.3 is 0 Å². The van der Waals surface area contributed by atoms with Crippen molar-refractivity contribution in [2.24, 2.45) is 0 Å². The lowest BCUT2D eigenvalue weighted by Crippen LogP contribution is -1.95. The van der Waals surface area contributed by atoms with Gasteiger partial charge < -0.3 is 10.5 Å². The normalized spacial score (nSPS) is 10.7. The highest BCUT2D eigenvalue weighted by molar-refractivity contribution is 5.84. The van der Waals surface area contributed by atoms with Crippen LogP contribution in [-0.2, 0) is 0 Å². The predicted molar refractivity (Wildman–Crippen MR) is 79.9 cm³/mol. The number of ether oxygens (including phenoxy) is 1. The van der Waals surface area contributed by atoms with Crippen molar-refractivity contribution in [2.45, 2.75) is 13.8 Å². The molecule has 20 heavy (non-hydrogen) atoms. The maximum atomic E-state index is 5.88. The highest BCUT2D eigenvalue weighted by atomic mass is 16.5. The second-order valence-corrected chi connectivity index (χ2v) is 4.76. The number of benzene rings is 1. The topological polar surface area (TPSA) is 61.0 Å². The molecule has 2 heterocycles. The number of hydrogen-bond donors (Lipinski definition) is 1. The van der Waals surface area contributed by atoms with Crippen LogP contribution < -0.4 is 10.5 Å². The van der Waals surface area contributed by atoms with Gasteiger partial charge in [0.1, 0.15) is 5.52 Å². The summed E-state index contributed by atoms with van der Waals surface area (Å²) in [5.74, 6) is 1.16. The summed E-state index contributed by atoms with van der Waals surface area (Å²) in [5, 5.41) is 1.04. The Morgan fingerprint density at radius 3 is 2.75 bits per heavy atom. The lowest BCUT2D eigenvalue weighted by Gasteiger charge is -2.09. The number of nitrogens with zero attached hydrogens (tertiary/aromatic N) is 2. The van der Waals surface area contributed by atoms with E-state index in [0.29, 0.717) is 17.3 Å². The van der Waals surface area contributed by atoms with Crippen molar-refractivity contribution >= 4 is 16.6 Å². The van der Waals surface area contributed by atoms with Crippen molar-refractivity contribution in [1.29, 1.82) is 0 Å². The highest BCUT2D eigenvalue weighted by Gasteiger charge is 2.07. The molecule has 1 aromatic carbocycles. The smallest absolute Gasteiger partial charge is 0.221 e. The van der Waals surface area contributed by atoms with E-state index in [4.69, 9.17) is 10.5 Å². The second kappa shape index (κ2) is 4.81. The van der Waals surface area contributed by atoms with Crippen LogP contribution in [0.5, 0.6) is 11.6 Å². The van der Waals surface area contributed by atoms with Gasteiger partial charge in [0, 0.05) is 29.0 Å². The molecule has 0 bridgehead atoms. The van der Waals surface area contributed by atoms with Gasteiger partial charge in [-0.25, -0.2) is 9.97 Å². The average Bonchev–Trinajstić information content (AvgIpc) is 2.44. The Bertz CT molecular complexity index is 784. The van der Waals surface area contributed by atoms with Gasteiger partial charge in [-0.05, 0) is 31.5 Å². The largest absolute Gasteiger partial charge is 0.437 e. The summed E-state index contributed by atoms with van der Waals surface area (Å²) in [5.41, 5.74) is 9.25. The Hall–Kier alpha value is -2.62. The third-order valence-electron chi connectivity index (χ3n) is 3.16. The van der Waals surface area contributed by atoms with Gasteiger partial charge in [0.2, 0.25) is 5.88 Å². The van der Waals surface area contributed by atoms with Gasteiger partial charge in [-0.2, -0.15) is 0 Å². The molecule has 4 nitrogen and oxygen atoms in total. The van der Waals surface area contributed by atoms with Crippen LogP contribution in [-0.4, -0.2) is 9.97 Å². The fraction of sp³-hybridized carbons (Fsp3) is 0.125. The molecule has 2 N–H and O–H groups in total. The minimum Gasteiger partial charge on any atom is -0.437 e. The molecule has 0 radical (unpaired) electrons. The quantitative estimate of drug-likeness (QED) is 0.768. The highest BCUT2D eigenvalue weighted by Crippen LogP contribution is 2.28. The van der Waals surface area contributed by atoms with Crippen molar-refractivity contribution in [3.05, 3.63) is 53.9 Å². The van der Waals surface area contributed by atoms with Crippen LogP contribution in [0.2, 0.25) is 0 Å². The predicted octanol–water partition coefficient (Wildman–Crippen LogP) is 3.62. The minimum absolute atomic E-state index is 0.476. The molecule has 0 aliphatic carbocycles. The number of aryl methyl sites for hydroxylation is 2. The standard InChI is InChI=1S/C16H15N3O/c1-10-9-18-15(8-13(10)17)20-14-5-3-4-12-7-6-11(2)19-16(12)14/h3-9H,1-2H3,(H2,17,18). The van der Waals surface area contributed by atoms with Crippen LogP contribution in [0.15, 0.2) is 42.6 Å². The molecule has 0 spiro atoms. The molecule has 3 aromatic rings. The molecular weight excluding hydrogens is 250 g/mol. The lowest BCUT2D eigenvalue weighted by atomic mass is 10.2. The van der Waals surface area contributed by atoms with E-state index in [9.17, 15) is 0 Å². The zero-order valence-electron chi connectivity index (χ0n) is 11.4. The lowest BCUT2D eigenvalue weighted by molar-refractivity contribution is 0.467. The molecule has 0 saturated carbocycles. The van der Waals surface area contributed by atoms with E-state index in [1.54, 1.807) is 12.3 Å². The van der Waals surface area contributed by atoms with Crippen molar-refractivity contribution in [3.63, 3.8) is 0 Å². The Labute approximate surface area is 117 Å². The SMILES string of the molecule is Cc1ccc2cccc(Oc3cc(N)c(C)cn3)c2n1. The van der Waals surface area contributed by atoms with Crippen LogP contribution in [0.4, 0.5) is 5.69 Å². The summed E-state index contributed by atoms with van der Waals surface area (Å²) in [4.78, 5) is 8.76. The van der Waals surface area contributed by atoms with Gasteiger partial charge in [-0.1, -0.05) is 18.2 Å². The van der Waals surface area contributed by atoms with Crippen LogP contribution in [0, 0.1) is 13.8 Å². The molecule has 0 amide bonds. The van der Waals surface area contributed by atoms with Crippen molar-refractivity contribution in [2.75, 3.05) is 5.73 Å². The number of rotatable bonds is 2. The Morgan fingerprint density at radius 1 is 1.10 bits per heavy atom. The van der Waals surface area contributed by atoms with Crippen LogP contribution in [0.3, 0.4) is 0 Å². The third kappa shape index (κ3) is 2.28. The Kier molecular flexibility index (Phi) is 2.99. The summed E-state index contributed by atoms with van der Waals surface area (Å²) in [7, 11) is 0. The zero-order valence-corrected chi connectivity index (χ0v) is 11.4. The molecule has 0 aliphatic heterocycles. The first kappa shape index (κ1) is 12.4. The summed E-state index contributed by atoms with van der Waals surface area (Å²) >= 11 is 0. The fourth-order valence-electron chi connectivity index (χ4n) is 1.99. The monoisotopic (exact) mass is 265 g/mol. The molecule has 0 atom stereocenters. The van der Waals surface area contributed by atoms with Crippen molar-refractivity contribution < 1.29 is 4.74 Å². The summed E-state index contributed by atoms with van der Waals surface area (Å²) in [6.07, 6.45) is 1.70. The zero-order chi connectivity index (χ0) is 14.1. The maximum absolute atomic E-state index is 5.88. The van der Waals surface area contributed by atoms with Gasteiger partial charge in [0.15, 0.2) is 5.75 Å². The molecule has 0 unspecified atom stereocenters. The molecule has 0 saturated heterocycles. The number of para-hydroxylation sites is 1. The van der Waals surface area contributed by atoms with E-state index >= 15 is 0 Å². The number of hydrogen-bond acceptors (Lipinski definition) is 4. The molecule has 0 aliphatic rings. The number of nitrogen functional groups attached to an aromatic ring is 1. The van der Waals surface area contributed by atoms with Crippen molar-refractivity contribution in [1.82, 2.24) is 9.97 Å². The number of anilines is 1. The van der Waals surface area contributed by atoms with E-state index in [2.05, 4.69) is 9.97 Å². The fourth-order valence-corrected chi connectivity index (χ4v) is 1.99. The van der Waals surface area contributed by atoms with Crippen LogP contribution >= 0.6 is 0 Å². The molecule has 100 valence electrons. The first-order valence-corrected chi connectivity index (χ1v) is 6.40. The molecular formula is C16H15N3O. The maximum Gasteiger partial charge on any atom is 0.221 e. The summed E-state index contributed by atoms with van der Waals surface area (Å²) < 4.78 is 5.83. The first-order chi connectivity index (χ1) is 9.63. The molecule has 0 fully saturated rings. The minimum atomic E-state index is 0.476. The van der Waals surface area contributed by atoms with Gasteiger partial charge in [-0.3, -0.25) is 0 Å². The van der Waals surface area contributed by atoms with E-state index in [0.717, 1.165) is 22.2 Å². The van der Waals surface area contributed by atoms with Crippen molar-refractivity contribution in [3.8, 4) is 11.6 Å². The molecule has 2 aromatic heterocycles. The van der Waals surface area contributed by atoms with E-state index in [1.165, 1.54) is 0 Å². The van der Waals surface area contributed by atoms with E-state index in [-0.39, 0.29) is 0 Å². The molecule has 4 heteroatoms. The second-order valence-electron chi connectivity index (χ2n) is 4.76. The van der Waals surface area contributed by atoms with Crippen LogP contribution in [0.25, 0.3) is 10.9 Å². The van der Waals surface area contributed by atoms with E-state index in [1.807, 2.05) is 44.2 Å². The first-order valence-electron chi connectivity index (χ1n) is 6.40.